The SMILES string of the molecule is C=CCOc1ccc(C(=O)N/N=C/c2cc(Br)c(OCCC)c(OCC)c2)cc1OC. The lowest BCUT2D eigenvalue weighted by Gasteiger charge is -2.14. The Morgan fingerprint density at radius 2 is 1.94 bits per heavy atom. The Bertz CT molecular complexity index is 930. The molecule has 0 heterocycles. The fourth-order valence-corrected chi connectivity index (χ4v) is 3.15. The molecule has 7 nitrogen and oxygen atoms in total. The van der Waals surface area contributed by atoms with Crippen molar-refractivity contribution in [1.82, 2.24) is 5.43 Å². The Morgan fingerprint density at radius 1 is 1.13 bits per heavy atom. The van der Waals surface area contributed by atoms with E-state index in [4.69, 9.17) is 18.9 Å². The van der Waals surface area contributed by atoms with Crippen LogP contribution < -0.4 is 24.4 Å². The van der Waals surface area contributed by atoms with Gasteiger partial charge in [0.1, 0.15) is 6.61 Å². The van der Waals surface area contributed by atoms with Crippen molar-refractivity contribution in [2.24, 2.45) is 5.10 Å². The van der Waals surface area contributed by atoms with Gasteiger partial charge in [0, 0.05) is 5.56 Å². The molecule has 0 aliphatic carbocycles. The highest BCUT2D eigenvalue weighted by Crippen LogP contribution is 2.36. The molecule has 0 saturated carbocycles. The van der Waals surface area contributed by atoms with Crippen molar-refractivity contribution in [3.8, 4) is 23.0 Å². The molecule has 1 N–H and O–H groups in total. The second-order valence-electron chi connectivity index (χ2n) is 6.28. The summed E-state index contributed by atoms with van der Waals surface area (Å²) in [7, 11) is 1.51. The number of rotatable bonds is 12. The van der Waals surface area contributed by atoms with E-state index in [-0.39, 0.29) is 5.91 Å². The van der Waals surface area contributed by atoms with Crippen molar-refractivity contribution < 1.29 is 23.7 Å². The number of nitrogens with zero attached hydrogens (tertiary/aromatic N) is 1. The molecule has 0 spiro atoms. The van der Waals surface area contributed by atoms with Gasteiger partial charge in [-0.05, 0) is 65.2 Å². The predicted molar refractivity (Wildman–Crippen MR) is 125 cm³/mol. The zero-order valence-corrected chi connectivity index (χ0v) is 19.5. The molecule has 2 aromatic rings. The second-order valence-corrected chi connectivity index (χ2v) is 7.13. The molecule has 1 amide bonds. The largest absolute Gasteiger partial charge is 0.493 e. The molecular weight excluding hydrogens is 464 g/mol. The molecule has 166 valence electrons. The second kappa shape index (κ2) is 12.6. The molecule has 0 fully saturated rings. The van der Waals surface area contributed by atoms with Crippen molar-refractivity contribution in [2.75, 3.05) is 26.9 Å². The van der Waals surface area contributed by atoms with E-state index in [2.05, 4.69) is 33.0 Å². The first kappa shape index (κ1) is 24.3. The molecule has 0 aromatic heterocycles. The van der Waals surface area contributed by atoms with Crippen LogP contribution in [0.5, 0.6) is 23.0 Å². The van der Waals surface area contributed by atoms with Crippen LogP contribution in [0, 0.1) is 0 Å². The Morgan fingerprint density at radius 3 is 2.61 bits per heavy atom. The summed E-state index contributed by atoms with van der Waals surface area (Å²) in [5, 5.41) is 4.05. The number of hydrogen-bond donors (Lipinski definition) is 1. The quantitative estimate of drug-likeness (QED) is 0.258. The van der Waals surface area contributed by atoms with Gasteiger partial charge >= 0.3 is 0 Å². The maximum absolute atomic E-state index is 12.4. The van der Waals surface area contributed by atoms with Crippen LogP contribution >= 0.6 is 15.9 Å². The summed E-state index contributed by atoms with van der Waals surface area (Å²) in [6, 6.07) is 8.55. The highest BCUT2D eigenvalue weighted by atomic mass is 79.9. The maximum Gasteiger partial charge on any atom is 0.271 e. The van der Waals surface area contributed by atoms with E-state index in [1.54, 1.807) is 24.3 Å². The average Bonchev–Trinajstić information content (AvgIpc) is 2.77. The fourth-order valence-electron chi connectivity index (χ4n) is 2.58. The fraction of sp³-hybridized carbons (Fsp3) is 0.304. The number of hydrogen-bond acceptors (Lipinski definition) is 6. The Balaban J connectivity index is 2.12. The van der Waals surface area contributed by atoms with Crippen LogP contribution in [0.15, 0.2) is 52.6 Å². The van der Waals surface area contributed by atoms with E-state index < -0.39 is 0 Å². The van der Waals surface area contributed by atoms with Gasteiger partial charge in [0.2, 0.25) is 0 Å². The summed E-state index contributed by atoms with van der Waals surface area (Å²) >= 11 is 3.51. The lowest BCUT2D eigenvalue weighted by molar-refractivity contribution is 0.0954. The standard InChI is InChI=1S/C23H27BrN2O5/c1-5-10-30-19-9-8-17(14-20(19)28-4)23(27)26-25-15-16-12-18(24)22(31-11-6-2)21(13-16)29-7-3/h5,8-9,12-15H,1,6-7,10-11H2,2-4H3,(H,26,27)/b25-15+. The minimum atomic E-state index is -0.378. The highest BCUT2D eigenvalue weighted by molar-refractivity contribution is 9.10. The maximum atomic E-state index is 12.4. The first-order valence-electron chi connectivity index (χ1n) is 9.88. The average molecular weight is 491 g/mol. The van der Waals surface area contributed by atoms with Gasteiger partial charge < -0.3 is 18.9 Å². The smallest absolute Gasteiger partial charge is 0.271 e. The van der Waals surface area contributed by atoms with Crippen molar-refractivity contribution in [2.45, 2.75) is 20.3 Å². The Hall–Kier alpha value is -3.00. The van der Waals surface area contributed by atoms with Crippen molar-refractivity contribution in [1.29, 1.82) is 0 Å². The molecule has 2 rings (SSSR count). The van der Waals surface area contributed by atoms with Gasteiger partial charge in [-0.2, -0.15) is 5.10 Å². The number of carbonyl (C=O) groups is 1. The van der Waals surface area contributed by atoms with Crippen LogP contribution in [-0.2, 0) is 0 Å². The molecule has 0 radical (unpaired) electrons. The molecule has 0 saturated heterocycles. The highest BCUT2D eigenvalue weighted by Gasteiger charge is 2.13. The topological polar surface area (TPSA) is 78.4 Å². The van der Waals surface area contributed by atoms with Gasteiger partial charge in [0.15, 0.2) is 23.0 Å². The molecule has 0 atom stereocenters. The number of carbonyl (C=O) groups excluding carboxylic acids is 1. The monoisotopic (exact) mass is 490 g/mol. The van der Waals surface area contributed by atoms with Crippen LogP contribution in [0.2, 0.25) is 0 Å². The van der Waals surface area contributed by atoms with Crippen LogP contribution in [0.3, 0.4) is 0 Å². The third kappa shape index (κ3) is 7.03. The van der Waals surface area contributed by atoms with Crippen LogP contribution in [0.4, 0.5) is 0 Å². The summed E-state index contributed by atoms with van der Waals surface area (Å²) in [5.41, 5.74) is 3.64. The summed E-state index contributed by atoms with van der Waals surface area (Å²) < 4.78 is 23.0. The molecule has 8 heteroatoms. The lowest BCUT2D eigenvalue weighted by atomic mass is 10.2. The summed E-state index contributed by atoms with van der Waals surface area (Å²) in [4.78, 5) is 12.4. The van der Waals surface area contributed by atoms with Gasteiger partial charge in [0.25, 0.3) is 5.91 Å². The van der Waals surface area contributed by atoms with Crippen LogP contribution in [-0.4, -0.2) is 39.1 Å². The number of ether oxygens (including phenoxy) is 4. The lowest BCUT2D eigenvalue weighted by Crippen LogP contribution is -2.17. The Kier molecular flexibility index (Phi) is 9.90. The van der Waals surface area contributed by atoms with E-state index in [0.717, 1.165) is 16.5 Å². The zero-order valence-electron chi connectivity index (χ0n) is 17.9. The van der Waals surface area contributed by atoms with Gasteiger partial charge in [-0.15, -0.1) is 0 Å². The van der Waals surface area contributed by atoms with Gasteiger partial charge in [-0.3, -0.25) is 4.79 Å². The third-order valence-corrected chi connectivity index (χ3v) is 4.53. The van der Waals surface area contributed by atoms with E-state index in [1.165, 1.54) is 13.3 Å². The van der Waals surface area contributed by atoms with E-state index in [9.17, 15) is 4.79 Å². The van der Waals surface area contributed by atoms with Crippen molar-refractivity contribution >= 4 is 28.1 Å². The van der Waals surface area contributed by atoms with Crippen LogP contribution in [0.1, 0.15) is 36.2 Å². The minimum Gasteiger partial charge on any atom is -0.493 e. The van der Waals surface area contributed by atoms with Crippen molar-refractivity contribution in [3.05, 3.63) is 58.6 Å². The summed E-state index contributed by atoms with van der Waals surface area (Å²) in [5.74, 6) is 1.86. The summed E-state index contributed by atoms with van der Waals surface area (Å²) in [6.07, 6.45) is 4.06. The van der Waals surface area contributed by atoms with Crippen LogP contribution in [0.25, 0.3) is 0 Å². The molecular formula is C23H27BrN2O5. The first-order chi connectivity index (χ1) is 15.0. The van der Waals surface area contributed by atoms with E-state index in [0.29, 0.717) is 48.4 Å². The normalized spacial score (nSPS) is 10.6. The number of halogens is 1. The zero-order chi connectivity index (χ0) is 22.6. The molecule has 0 bridgehead atoms. The number of amides is 1. The first-order valence-corrected chi connectivity index (χ1v) is 10.7. The molecule has 2 aromatic carbocycles. The molecule has 0 aliphatic heterocycles. The van der Waals surface area contributed by atoms with E-state index >= 15 is 0 Å². The van der Waals surface area contributed by atoms with Gasteiger partial charge in [-0.25, -0.2) is 5.43 Å². The summed E-state index contributed by atoms with van der Waals surface area (Å²) in [6.45, 7) is 8.98. The predicted octanol–water partition coefficient (Wildman–Crippen LogP) is 4.97. The Labute approximate surface area is 191 Å². The number of nitrogens with one attached hydrogen (secondary N) is 1. The van der Waals surface area contributed by atoms with Gasteiger partial charge in [0.05, 0.1) is 31.0 Å². The van der Waals surface area contributed by atoms with Gasteiger partial charge in [-0.1, -0.05) is 19.6 Å². The van der Waals surface area contributed by atoms with Crippen molar-refractivity contribution in [3.63, 3.8) is 0 Å². The van der Waals surface area contributed by atoms with E-state index in [1.807, 2.05) is 26.0 Å². The molecule has 0 unspecified atom stereocenters. The number of benzene rings is 2. The number of methoxy groups -OCH3 is 1. The molecule has 31 heavy (non-hydrogen) atoms. The number of hydrazone groups is 1. The minimum absolute atomic E-state index is 0.341. The molecule has 0 aliphatic rings. The third-order valence-electron chi connectivity index (χ3n) is 3.94.